The van der Waals surface area contributed by atoms with Crippen molar-refractivity contribution in [2.45, 2.75) is 32.9 Å². The zero-order valence-corrected chi connectivity index (χ0v) is 10.3. The van der Waals surface area contributed by atoms with Crippen molar-refractivity contribution in [3.8, 4) is 0 Å². The SMILES string of the molecule is CC[C@@H](C)n1c(CO)nc2cc([N+](=O)[O-])ccc21. The molecule has 0 aliphatic carbocycles. The molecule has 1 aromatic carbocycles. The minimum absolute atomic E-state index is 0.0146. The van der Waals surface area contributed by atoms with E-state index in [0.29, 0.717) is 11.3 Å². The van der Waals surface area contributed by atoms with E-state index in [0.717, 1.165) is 11.9 Å². The van der Waals surface area contributed by atoms with E-state index >= 15 is 0 Å². The van der Waals surface area contributed by atoms with E-state index < -0.39 is 4.92 Å². The molecule has 18 heavy (non-hydrogen) atoms. The van der Waals surface area contributed by atoms with Crippen LogP contribution in [0.25, 0.3) is 11.0 Å². The molecule has 0 spiro atoms. The Bertz CT molecular complexity index is 592. The summed E-state index contributed by atoms with van der Waals surface area (Å²) in [4.78, 5) is 14.5. The first-order valence-corrected chi connectivity index (χ1v) is 5.84. The third-order valence-electron chi connectivity index (χ3n) is 3.13. The van der Waals surface area contributed by atoms with Crippen molar-refractivity contribution in [2.75, 3.05) is 0 Å². The number of hydrogen-bond acceptors (Lipinski definition) is 4. The van der Waals surface area contributed by atoms with Gasteiger partial charge in [0.25, 0.3) is 5.69 Å². The highest BCUT2D eigenvalue weighted by molar-refractivity contribution is 5.78. The summed E-state index contributed by atoms with van der Waals surface area (Å²) < 4.78 is 1.93. The number of nitro benzene ring substituents is 1. The standard InChI is InChI=1S/C12H15N3O3/c1-3-8(2)14-11-5-4-9(15(17)18)6-10(11)13-12(14)7-16/h4-6,8,16H,3,7H2,1-2H3/t8-/m1/s1. The van der Waals surface area contributed by atoms with Crippen molar-refractivity contribution >= 4 is 16.7 Å². The van der Waals surface area contributed by atoms with Crippen LogP contribution < -0.4 is 0 Å². The average Bonchev–Trinajstić information content (AvgIpc) is 2.74. The predicted octanol–water partition coefficient (Wildman–Crippen LogP) is 2.41. The second-order valence-corrected chi connectivity index (χ2v) is 4.24. The van der Waals surface area contributed by atoms with Gasteiger partial charge in [0, 0.05) is 18.2 Å². The number of hydrogen-bond donors (Lipinski definition) is 1. The first-order valence-electron chi connectivity index (χ1n) is 5.84. The third kappa shape index (κ3) is 1.95. The van der Waals surface area contributed by atoms with Gasteiger partial charge in [0.1, 0.15) is 12.4 Å². The molecule has 0 bridgehead atoms. The third-order valence-corrected chi connectivity index (χ3v) is 3.13. The molecule has 6 nitrogen and oxygen atoms in total. The zero-order chi connectivity index (χ0) is 13.3. The Labute approximate surface area is 104 Å². The van der Waals surface area contributed by atoms with Gasteiger partial charge in [0.15, 0.2) is 0 Å². The Kier molecular flexibility index (Phi) is 3.29. The summed E-state index contributed by atoms with van der Waals surface area (Å²) >= 11 is 0. The van der Waals surface area contributed by atoms with Crippen LogP contribution >= 0.6 is 0 Å². The van der Waals surface area contributed by atoms with Gasteiger partial charge in [0.05, 0.1) is 16.0 Å². The van der Waals surface area contributed by atoms with Crippen LogP contribution in [0.15, 0.2) is 18.2 Å². The van der Waals surface area contributed by atoms with Gasteiger partial charge in [0.2, 0.25) is 0 Å². The largest absolute Gasteiger partial charge is 0.388 e. The van der Waals surface area contributed by atoms with Crippen LogP contribution in [0.4, 0.5) is 5.69 Å². The van der Waals surface area contributed by atoms with E-state index in [-0.39, 0.29) is 18.3 Å². The Morgan fingerprint density at radius 1 is 1.56 bits per heavy atom. The van der Waals surface area contributed by atoms with E-state index in [4.69, 9.17) is 0 Å². The lowest BCUT2D eigenvalue weighted by molar-refractivity contribution is -0.384. The van der Waals surface area contributed by atoms with Crippen molar-refractivity contribution in [3.05, 3.63) is 34.1 Å². The molecule has 6 heteroatoms. The Morgan fingerprint density at radius 2 is 2.28 bits per heavy atom. The quantitative estimate of drug-likeness (QED) is 0.666. The number of rotatable bonds is 4. The molecule has 1 atom stereocenters. The van der Waals surface area contributed by atoms with Gasteiger partial charge in [-0.25, -0.2) is 4.98 Å². The molecule has 0 saturated carbocycles. The first-order chi connectivity index (χ1) is 8.58. The molecule has 0 aliphatic rings. The lowest BCUT2D eigenvalue weighted by Gasteiger charge is -2.14. The van der Waals surface area contributed by atoms with Gasteiger partial charge in [-0.3, -0.25) is 10.1 Å². The molecule has 0 unspecified atom stereocenters. The molecule has 1 aromatic heterocycles. The lowest BCUT2D eigenvalue weighted by atomic mass is 10.2. The van der Waals surface area contributed by atoms with Crippen molar-refractivity contribution in [1.29, 1.82) is 0 Å². The minimum atomic E-state index is -0.444. The van der Waals surface area contributed by atoms with Crippen molar-refractivity contribution in [2.24, 2.45) is 0 Å². The van der Waals surface area contributed by atoms with Crippen molar-refractivity contribution in [1.82, 2.24) is 9.55 Å². The molecule has 2 aromatic rings. The zero-order valence-electron chi connectivity index (χ0n) is 10.3. The van der Waals surface area contributed by atoms with E-state index in [1.807, 2.05) is 18.4 Å². The van der Waals surface area contributed by atoms with Gasteiger partial charge < -0.3 is 9.67 Å². The van der Waals surface area contributed by atoms with Crippen molar-refractivity contribution < 1.29 is 10.0 Å². The Balaban J connectivity index is 2.66. The summed E-state index contributed by atoms with van der Waals surface area (Å²) in [5.41, 5.74) is 1.38. The van der Waals surface area contributed by atoms with Crippen LogP contribution in [0, 0.1) is 10.1 Å². The highest BCUT2D eigenvalue weighted by Gasteiger charge is 2.16. The van der Waals surface area contributed by atoms with Gasteiger partial charge in [-0.2, -0.15) is 0 Å². The fraction of sp³-hybridized carbons (Fsp3) is 0.417. The fourth-order valence-electron chi connectivity index (χ4n) is 2.04. The maximum absolute atomic E-state index is 10.7. The van der Waals surface area contributed by atoms with E-state index in [1.54, 1.807) is 6.07 Å². The highest BCUT2D eigenvalue weighted by atomic mass is 16.6. The number of fused-ring (bicyclic) bond motifs is 1. The monoisotopic (exact) mass is 249 g/mol. The number of aromatic nitrogens is 2. The fourth-order valence-corrected chi connectivity index (χ4v) is 2.04. The van der Waals surface area contributed by atoms with Gasteiger partial charge in [-0.1, -0.05) is 6.92 Å². The predicted molar refractivity (Wildman–Crippen MR) is 67.3 cm³/mol. The van der Waals surface area contributed by atoms with Crippen molar-refractivity contribution in [3.63, 3.8) is 0 Å². The molecular formula is C12H15N3O3. The second kappa shape index (κ2) is 4.73. The molecule has 0 radical (unpaired) electrons. The van der Waals surface area contributed by atoms with Gasteiger partial charge >= 0.3 is 0 Å². The van der Waals surface area contributed by atoms with Crippen LogP contribution in [0.1, 0.15) is 32.1 Å². The highest BCUT2D eigenvalue weighted by Crippen LogP contribution is 2.26. The topological polar surface area (TPSA) is 81.2 Å². The summed E-state index contributed by atoms with van der Waals surface area (Å²) in [6.45, 7) is 3.90. The summed E-state index contributed by atoms with van der Waals surface area (Å²) in [6.07, 6.45) is 0.898. The summed E-state index contributed by atoms with van der Waals surface area (Å²) in [5.74, 6) is 0.542. The number of aliphatic hydroxyl groups is 1. The molecule has 0 saturated heterocycles. The summed E-state index contributed by atoms with van der Waals surface area (Å²) in [6, 6.07) is 4.78. The first kappa shape index (κ1) is 12.5. The number of aliphatic hydroxyl groups excluding tert-OH is 1. The molecule has 1 heterocycles. The lowest BCUT2D eigenvalue weighted by Crippen LogP contribution is -2.08. The Morgan fingerprint density at radius 3 is 2.83 bits per heavy atom. The summed E-state index contributed by atoms with van der Waals surface area (Å²) in [5, 5.41) is 20.0. The number of nitro groups is 1. The van der Waals surface area contributed by atoms with Crippen LogP contribution in [0.3, 0.4) is 0 Å². The molecule has 0 amide bonds. The summed E-state index contributed by atoms with van der Waals surface area (Å²) in [7, 11) is 0. The van der Waals surface area contributed by atoms with E-state index in [1.165, 1.54) is 12.1 Å². The number of nitrogens with zero attached hydrogens (tertiary/aromatic N) is 3. The van der Waals surface area contributed by atoms with Gasteiger partial charge in [-0.05, 0) is 19.4 Å². The second-order valence-electron chi connectivity index (χ2n) is 4.24. The minimum Gasteiger partial charge on any atom is -0.388 e. The molecule has 96 valence electrons. The van der Waals surface area contributed by atoms with E-state index in [2.05, 4.69) is 4.98 Å². The van der Waals surface area contributed by atoms with Crippen LogP contribution in [-0.2, 0) is 6.61 Å². The number of imidazole rings is 1. The molecule has 2 rings (SSSR count). The maximum Gasteiger partial charge on any atom is 0.271 e. The average molecular weight is 249 g/mol. The smallest absolute Gasteiger partial charge is 0.271 e. The van der Waals surface area contributed by atoms with E-state index in [9.17, 15) is 15.2 Å². The van der Waals surface area contributed by atoms with Crippen LogP contribution in [-0.4, -0.2) is 19.6 Å². The molecule has 1 N–H and O–H groups in total. The Hall–Kier alpha value is -1.95. The molecule has 0 aliphatic heterocycles. The van der Waals surface area contributed by atoms with Crippen LogP contribution in [0.2, 0.25) is 0 Å². The molecular weight excluding hydrogens is 234 g/mol. The van der Waals surface area contributed by atoms with Gasteiger partial charge in [-0.15, -0.1) is 0 Å². The van der Waals surface area contributed by atoms with Crippen LogP contribution in [0.5, 0.6) is 0 Å². The molecule has 0 fully saturated rings. The maximum atomic E-state index is 10.7. The number of non-ortho nitro benzene ring substituents is 1. The number of benzene rings is 1. The normalized spacial score (nSPS) is 12.8.